The molecule has 158 valence electrons. The van der Waals surface area contributed by atoms with E-state index in [2.05, 4.69) is 68.9 Å². The first-order valence-electron chi connectivity index (χ1n) is 9.71. The molecule has 3 N–H and O–H groups in total. The molecule has 8 heteroatoms. The molecule has 0 aliphatic carbocycles. The second kappa shape index (κ2) is 16.0. The van der Waals surface area contributed by atoms with Crippen molar-refractivity contribution in [2.45, 2.75) is 47.0 Å². The first-order valence-corrected chi connectivity index (χ1v) is 9.71. The van der Waals surface area contributed by atoms with Gasteiger partial charge in [0.2, 0.25) is 0 Å². The Morgan fingerprint density at radius 3 is 2.48 bits per heavy atom. The number of carboxylic acid groups (broad SMARTS) is 1. The summed E-state index contributed by atoms with van der Waals surface area (Å²) in [6.07, 6.45) is 13.9. The van der Waals surface area contributed by atoms with Gasteiger partial charge >= 0.3 is 5.97 Å². The average Bonchev–Trinajstić information content (AvgIpc) is 3.46. The lowest BCUT2D eigenvalue weighted by Gasteiger charge is -2.06. The first-order chi connectivity index (χ1) is 14.1. The number of hydrogen-bond acceptors (Lipinski definition) is 6. The lowest BCUT2D eigenvalue weighted by molar-refractivity contribution is -0.142. The number of pyridine rings is 1. The predicted octanol–water partition coefficient (Wildman–Crippen LogP) is 2.90. The number of aromatic amines is 1. The molecular formula is C21H32N6O2. The average molecular weight is 401 g/mol. The number of nitrogens with zero attached hydrogens (tertiary/aromatic N) is 4. The molecular weight excluding hydrogens is 368 g/mol. The van der Waals surface area contributed by atoms with Crippen LogP contribution in [-0.4, -0.2) is 49.8 Å². The van der Waals surface area contributed by atoms with E-state index in [1.165, 1.54) is 11.1 Å². The number of aryl methyl sites for hydroxylation is 1. The van der Waals surface area contributed by atoms with Crippen molar-refractivity contribution in [3.63, 3.8) is 0 Å². The Morgan fingerprint density at radius 1 is 1.31 bits per heavy atom. The molecule has 3 rings (SSSR count). The Morgan fingerprint density at radius 2 is 2.03 bits per heavy atom. The normalized spacial score (nSPS) is 12.7. The Kier molecular flexibility index (Phi) is 14.3. The molecule has 29 heavy (non-hydrogen) atoms. The van der Waals surface area contributed by atoms with Crippen LogP contribution in [0.2, 0.25) is 0 Å². The number of terminal acetylenes is 1. The zero-order valence-corrected chi connectivity index (χ0v) is 17.7. The molecule has 0 unspecified atom stereocenters. The Balaban J connectivity index is 0.000000462. The van der Waals surface area contributed by atoms with Crippen molar-refractivity contribution < 1.29 is 9.90 Å². The topological polar surface area (TPSA) is 117 Å². The number of rotatable bonds is 6. The van der Waals surface area contributed by atoms with Crippen LogP contribution in [0.1, 0.15) is 50.7 Å². The largest absolute Gasteiger partial charge is 0.481 e. The standard InChI is InChI=1S/C10H12N2.C7H12N4O2.C2H6.C2H2/c1-8-2-3-10(12-6-8)9-4-5-11-7-9;1-2-3-5(7(12)13)4-6-8-10-11-9-6;2*1-2/h2-4,6,11H,5,7H2,1H3;5H,2-4H2,1H3,(H,12,13)(H,8,9,10,11);1-2H3;1-2H/t;5-;;/m.0../s1. The van der Waals surface area contributed by atoms with Gasteiger partial charge in [0.15, 0.2) is 5.82 Å². The summed E-state index contributed by atoms with van der Waals surface area (Å²) in [6.45, 7) is 9.94. The van der Waals surface area contributed by atoms with Gasteiger partial charge in [-0.05, 0) is 30.5 Å². The van der Waals surface area contributed by atoms with Gasteiger partial charge in [0.25, 0.3) is 0 Å². The van der Waals surface area contributed by atoms with E-state index in [1.807, 2.05) is 27.0 Å². The zero-order valence-electron chi connectivity index (χ0n) is 17.7. The molecule has 2 aromatic rings. The minimum Gasteiger partial charge on any atom is -0.481 e. The number of aliphatic carboxylic acids is 1. The molecule has 2 aromatic heterocycles. The summed E-state index contributed by atoms with van der Waals surface area (Å²) in [4.78, 5) is 15.1. The molecule has 0 radical (unpaired) electrons. The fourth-order valence-corrected chi connectivity index (χ4v) is 2.48. The maximum Gasteiger partial charge on any atom is 0.306 e. The summed E-state index contributed by atoms with van der Waals surface area (Å²) < 4.78 is 0. The molecule has 1 aliphatic rings. The van der Waals surface area contributed by atoms with Crippen LogP contribution in [0.15, 0.2) is 24.4 Å². The van der Waals surface area contributed by atoms with Crippen molar-refractivity contribution in [2.75, 3.05) is 13.1 Å². The molecule has 8 nitrogen and oxygen atoms in total. The Bertz CT molecular complexity index is 723. The highest BCUT2D eigenvalue weighted by Crippen LogP contribution is 2.13. The van der Waals surface area contributed by atoms with Crippen LogP contribution in [0, 0.1) is 25.7 Å². The number of H-pyrrole nitrogens is 1. The molecule has 0 bridgehead atoms. The minimum absolute atomic E-state index is 0.347. The van der Waals surface area contributed by atoms with Gasteiger partial charge in [-0.15, -0.1) is 23.0 Å². The maximum absolute atomic E-state index is 10.7. The predicted molar refractivity (Wildman–Crippen MR) is 115 cm³/mol. The van der Waals surface area contributed by atoms with Crippen LogP contribution in [0.4, 0.5) is 0 Å². The molecule has 1 aliphatic heterocycles. The van der Waals surface area contributed by atoms with E-state index in [0.717, 1.165) is 25.2 Å². The molecule has 0 saturated carbocycles. The number of nitrogens with one attached hydrogen (secondary N) is 2. The van der Waals surface area contributed by atoms with Crippen molar-refractivity contribution in [3.05, 3.63) is 41.5 Å². The van der Waals surface area contributed by atoms with Gasteiger partial charge in [-0.1, -0.05) is 44.5 Å². The van der Waals surface area contributed by atoms with Crippen LogP contribution >= 0.6 is 0 Å². The fraction of sp³-hybridized carbons (Fsp3) is 0.476. The molecule has 0 fully saturated rings. The lowest BCUT2D eigenvalue weighted by Crippen LogP contribution is -2.16. The second-order valence-corrected chi connectivity index (χ2v) is 5.94. The highest BCUT2D eigenvalue weighted by atomic mass is 16.4. The first kappa shape index (κ1) is 26.0. The SMILES string of the molecule is C#C.CC.CCC[C@@H](Cc1nn[nH]n1)C(=O)O.Cc1ccc(C2=CCNC2)nc1. The van der Waals surface area contributed by atoms with Gasteiger partial charge in [-0.2, -0.15) is 5.21 Å². The smallest absolute Gasteiger partial charge is 0.306 e. The summed E-state index contributed by atoms with van der Waals surface area (Å²) in [7, 11) is 0. The van der Waals surface area contributed by atoms with Crippen LogP contribution < -0.4 is 5.32 Å². The summed E-state index contributed by atoms with van der Waals surface area (Å²) in [5, 5.41) is 25.1. The molecule has 0 saturated heterocycles. The summed E-state index contributed by atoms with van der Waals surface area (Å²) in [5.41, 5.74) is 3.63. The number of carboxylic acids is 1. The lowest BCUT2D eigenvalue weighted by atomic mass is 10.00. The molecule has 0 spiro atoms. The van der Waals surface area contributed by atoms with Crippen molar-refractivity contribution in [1.29, 1.82) is 0 Å². The quantitative estimate of drug-likeness (QED) is 0.638. The zero-order chi connectivity index (χ0) is 22.1. The Labute approximate surface area is 173 Å². The van der Waals surface area contributed by atoms with Gasteiger partial charge in [0.1, 0.15) is 0 Å². The molecule has 0 amide bonds. The van der Waals surface area contributed by atoms with Gasteiger partial charge < -0.3 is 10.4 Å². The summed E-state index contributed by atoms with van der Waals surface area (Å²) in [5.74, 6) is -0.741. The molecule has 0 aromatic carbocycles. The van der Waals surface area contributed by atoms with Crippen LogP contribution in [0.5, 0.6) is 0 Å². The van der Waals surface area contributed by atoms with Crippen LogP contribution in [-0.2, 0) is 11.2 Å². The Hall–Kier alpha value is -3.05. The van der Waals surface area contributed by atoms with E-state index in [4.69, 9.17) is 5.11 Å². The number of hydrogen-bond donors (Lipinski definition) is 3. The third kappa shape index (κ3) is 10.2. The van der Waals surface area contributed by atoms with Crippen molar-refractivity contribution in [1.82, 2.24) is 30.9 Å². The van der Waals surface area contributed by atoms with Crippen molar-refractivity contribution >= 4 is 11.5 Å². The van der Waals surface area contributed by atoms with E-state index in [9.17, 15) is 4.79 Å². The van der Waals surface area contributed by atoms with Crippen LogP contribution in [0.25, 0.3) is 5.57 Å². The van der Waals surface area contributed by atoms with Gasteiger partial charge in [-0.3, -0.25) is 9.78 Å². The third-order valence-electron chi connectivity index (χ3n) is 3.85. The van der Waals surface area contributed by atoms with Crippen molar-refractivity contribution in [2.24, 2.45) is 5.92 Å². The number of aromatic nitrogens is 5. The molecule has 1 atom stereocenters. The van der Waals surface area contributed by atoms with E-state index >= 15 is 0 Å². The van der Waals surface area contributed by atoms with E-state index in [0.29, 0.717) is 18.7 Å². The molecule has 3 heterocycles. The monoisotopic (exact) mass is 400 g/mol. The van der Waals surface area contributed by atoms with Gasteiger partial charge in [-0.25, -0.2) is 0 Å². The van der Waals surface area contributed by atoms with Crippen LogP contribution in [0.3, 0.4) is 0 Å². The highest BCUT2D eigenvalue weighted by Gasteiger charge is 2.18. The second-order valence-electron chi connectivity index (χ2n) is 5.94. The number of tetrazole rings is 1. The minimum atomic E-state index is -0.799. The maximum atomic E-state index is 10.7. The highest BCUT2D eigenvalue weighted by molar-refractivity contribution is 5.70. The fourth-order valence-electron chi connectivity index (χ4n) is 2.48. The summed E-state index contributed by atoms with van der Waals surface area (Å²) in [6, 6.07) is 4.18. The van der Waals surface area contributed by atoms with Gasteiger partial charge in [0.05, 0.1) is 11.6 Å². The summed E-state index contributed by atoms with van der Waals surface area (Å²) >= 11 is 0. The third-order valence-corrected chi connectivity index (χ3v) is 3.85. The number of carbonyl (C=O) groups is 1. The van der Waals surface area contributed by atoms with Crippen molar-refractivity contribution in [3.8, 4) is 12.8 Å². The van der Waals surface area contributed by atoms with E-state index < -0.39 is 11.9 Å². The van der Waals surface area contributed by atoms with Gasteiger partial charge in [0, 0.05) is 25.7 Å². The van der Waals surface area contributed by atoms with E-state index in [1.54, 1.807) is 0 Å². The van der Waals surface area contributed by atoms with E-state index in [-0.39, 0.29) is 0 Å².